The molecule has 0 amide bonds. The standard InChI is InChI=1S/C7H4N2O4S/c10-4-1-3(6(12)13)8-7-9(4)5(11)2-14-7/h1H,2H2,(H,12,13). The van der Waals surface area contributed by atoms with Gasteiger partial charge in [-0.3, -0.25) is 9.59 Å². The fraction of sp³-hybridized carbons (Fsp3) is 0.143. The minimum absolute atomic E-state index is 0.130. The van der Waals surface area contributed by atoms with Crippen molar-refractivity contribution in [3.63, 3.8) is 0 Å². The third kappa shape index (κ3) is 1.22. The highest BCUT2D eigenvalue weighted by atomic mass is 32.2. The largest absolute Gasteiger partial charge is 0.477 e. The van der Waals surface area contributed by atoms with Crippen LogP contribution in [0.25, 0.3) is 0 Å². The van der Waals surface area contributed by atoms with E-state index in [4.69, 9.17) is 5.11 Å². The maximum Gasteiger partial charge on any atom is 0.354 e. The van der Waals surface area contributed by atoms with Gasteiger partial charge in [-0.15, -0.1) is 0 Å². The van der Waals surface area contributed by atoms with Gasteiger partial charge in [0.2, 0.25) is 5.91 Å². The zero-order valence-electron chi connectivity index (χ0n) is 6.76. The van der Waals surface area contributed by atoms with Gasteiger partial charge >= 0.3 is 5.97 Å². The molecule has 1 aliphatic heterocycles. The third-order valence-electron chi connectivity index (χ3n) is 1.68. The van der Waals surface area contributed by atoms with Crippen LogP contribution < -0.4 is 5.56 Å². The molecule has 0 radical (unpaired) electrons. The van der Waals surface area contributed by atoms with Crippen LogP contribution in [0, 0.1) is 0 Å². The molecule has 7 heteroatoms. The lowest BCUT2D eigenvalue weighted by atomic mass is 10.4. The van der Waals surface area contributed by atoms with Gasteiger partial charge < -0.3 is 5.11 Å². The lowest BCUT2D eigenvalue weighted by molar-refractivity contribution is 0.0687. The van der Waals surface area contributed by atoms with E-state index < -0.39 is 11.5 Å². The van der Waals surface area contributed by atoms with Gasteiger partial charge in [0.25, 0.3) is 5.56 Å². The number of fused-ring (bicyclic) bond motifs is 1. The lowest BCUT2D eigenvalue weighted by Gasteiger charge is -1.99. The van der Waals surface area contributed by atoms with E-state index in [0.29, 0.717) is 0 Å². The molecule has 0 unspecified atom stereocenters. The minimum atomic E-state index is -1.27. The Morgan fingerprint density at radius 3 is 2.93 bits per heavy atom. The molecular formula is C7H4N2O4S. The topological polar surface area (TPSA) is 89.3 Å². The molecule has 0 fully saturated rings. The molecule has 2 rings (SSSR count). The van der Waals surface area contributed by atoms with Crippen LogP contribution in [0.2, 0.25) is 0 Å². The van der Waals surface area contributed by atoms with Crippen LogP contribution in [0.5, 0.6) is 0 Å². The Kier molecular flexibility index (Phi) is 1.88. The van der Waals surface area contributed by atoms with Gasteiger partial charge in [0, 0.05) is 6.07 Å². The van der Waals surface area contributed by atoms with Gasteiger partial charge in [-0.2, -0.15) is 0 Å². The van der Waals surface area contributed by atoms with Crippen molar-refractivity contribution in [2.45, 2.75) is 5.16 Å². The van der Waals surface area contributed by atoms with E-state index in [1.807, 2.05) is 0 Å². The first-order valence-corrected chi connectivity index (χ1v) is 4.61. The van der Waals surface area contributed by atoms with Crippen molar-refractivity contribution in [3.8, 4) is 0 Å². The number of carbonyl (C=O) groups is 2. The summed E-state index contributed by atoms with van der Waals surface area (Å²) in [5.74, 6) is -1.50. The van der Waals surface area contributed by atoms with Crippen molar-refractivity contribution in [2.75, 3.05) is 5.75 Å². The number of hydrogen-bond acceptors (Lipinski definition) is 5. The normalized spacial score (nSPS) is 14.1. The van der Waals surface area contributed by atoms with Crippen LogP contribution in [-0.2, 0) is 0 Å². The third-order valence-corrected chi connectivity index (χ3v) is 2.60. The number of nitrogens with zero attached hydrogens (tertiary/aromatic N) is 2. The predicted octanol–water partition coefficient (Wildman–Crippen LogP) is -0.313. The first kappa shape index (κ1) is 8.95. The molecule has 1 aromatic rings. The number of carboxylic acids is 1. The van der Waals surface area contributed by atoms with Gasteiger partial charge in [0.1, 0.15) is 0 Å². The van der Waals surface area contributed by atoms with Crippen molar-refractivity contribution in [1.82, 2.24) is 9.55 Å². The number of thioether (sulfide) groups is 1. The van der Waals surface area contributed by atoms with E-state index in [-0.39, 0.29) is 22.5 Å². The van der Waals surface area contributed by atoms with Gasteiger partial charge in [0.05, 0.1) is 5.75 Å². The molecule has 6 nitrogen and oxygen atoms in total. The van der Waals surface area contributed by atoms with E-state index in [9.17, 15) is 14.4 Å². The van der Waals surface area contributed by atoms with Gasteiger partial charge in [-0.25, -0.2) is 14.3 Å². The van der Waals surface area contributed by atoms with Crippen molar-refractivity contribution in [3.05, 3.63) is 22.1 Å². The predicted molar refractivity (Wildman–Crippen MR) is 46.8 cm³/mol. The highest BCUT2D eigenvalue weighted by Gasteiger charge is 2.24. The summed E-state index contributed by atoms with van der Waals surface area (Å²) in [6.45, 7) is 0. The van der Waals surface area contributed by atoms with E-state index in [1.54, 1.807) is 0 Å². The SMILES string of the molecule is O=C(O)c1cc(=O)n2c(n1)SCC2=O. The monoisotopic (exact) mass is 212 g/mol. The smallest absolute Gasteiger partial charge is 0.354 e. The van der Waals surface area contributed by atoms with E-state index in [0.717, 1.165) is 22.4 Å². The Bertz CT molecular complexity index is 493. The molecule has 0 saturated carbocycles. The van der Waals surface area contributed by atoms with Gasteiger partial charge in [-0.05, 0) is 0 Å². The summed E-state index contributed by atoms with van der Waals surface area (Å²) >= 11 is 1.06. The van der Waals surface area contributed by atoms with Crippen LogP contribution >= 0.6 is 11.8 Å². The Labute approximate surface area is 81.6 Å². The highest BCUT2D eigenvalue weighted by molar-refractivity contribution is 8.00. The molecule has 2 heterocycles. The molecule has 1 aliphatic rings. The average Bonchev–Trinajstić information content (AvgIpc) is 2.48. The van der Waals surface area contributed by atoms with Crippen molar-refractivity contribution in [1.29, 1.82) is 0 Å². The molecule has 1 aromatic heterocycles. The average molecular weight is 212 g/mol. The summed E-state index contributed by atoms with van der Waals surface area (Å²) in [6, 6.07) is 0.843. The Balaban J connectivity index is 2.69. The van der Waals surface area contributed by atoms with Crippen molar-refractivity contribution < 1.29 is 14.7 Å². The van der Waals surface area contributed by atoms with Crippen LogP contribution in [0.15, 0.2) is 16.0 Å². The molecule has 0 aliphatic carbocycles. The van der Waals surface area contributed by atoms with E-state index in [1.165, 1.54) is 0 Å². The molecule has 0 spiro atoms. The fourth-order valence-electron chi connectivity index (χ4n) is 1.09. The van der Waals surface area contributed by atoms with E-state index in [2.05, 4.69) is 4.98 Å². The molecule has 14 heavy (non-hydrogen) atoms. The van der Waals surface area contributed by atoms with Crippen LogP contribution in [-0.4, -0.2) is 32.3 Å². The first-order chi connectivity index (χ1) is 6.59. The molecule has 0 bridgehead atoms. The number of aromatic carboxylic acids is 1. The van der Waals surface area contributed by atoms with Gasteiger partial charge in [-0.1, -0.05) is 11.8 Å². The Morgan fingerprint density at radius 2 is 2.29 bits per heavy atom. The van der Waals surface area contributed by atoms with E-state index >= 15 is 0 Å². The maximum atomic E-state index is 11.3. The molecular weight excluding hydrogens is 208 g/mol. The number of carbonyl (C=O) groups excluding carboxylic acids is 1. The Hall–Kier alpha value is -1.63. The molecule has 0 atom stereocenters. The second-order valence-corrected chi connectivity index (χ2v) is 3.53. The highest BCUT2D eigenvalue weighted by Crippen LogP contribution is 2.20. The minimum Gasteiger partial charge on any atom is -0.477 e. The second-order valence-electron chi connectivity index (χ2n) is 2.59. The lowest BCUT2D eigenvalue weighted by Crippen LogP contribution is -2.26. The summed E-state index contributed by atoms with van der Waals surface area (Å²) in [5.41, 5.74) is -0.967. The van der Waals surface area contributed by atoms with Gasteiger partial charge in [0.15, 0.2) is 10.9 Å². The van der Waals surface area contributed by atoms with Crippen LogP contribution in [0.3, 0.4) is 0 Å². The molecule has 1 N–H and O–H groups in total. The summed E-state index contributed by atoms with van der Waals surface area (Å²) in [7, 11) is 0. The zero-order valence-corrected chi connectivity index (χ0v) is 7.58. The maximum absolute atomic E-state index is 11.3. The summed E-state index contributed by atoms with van der Waals surface area (Å²) in [6.07, 6.45) is 0. The quantitative estimate of drug-likeness (QED) is 0.642. The van der Waals surface area contributed by atoms with Crippen molar-refractivity contribution in [2.24, 2.45) is 0 Å². The number of aromatic nitrogens is 2. The fourth-order valence-corrected chi connectivity index (χ4v) is 1.95. The summed E-state index contributed by atoms with van der Waals surface area (Å²) in [5, 5.41) is 8.75. The second kappa shape index (κ2) is 2.95. The molecule has 72 valence electrons. The number of carboxylic acid groups (broad SMARTS) is 1. The zero-order chi connectivity index (χ0) is 10.3. The number of hydrogen-bond donors (Lipinski definition) is 1. The number of rotatable bonds is 1. The summed E-state index contributed by atoms with van der Waals surface area (Å²) < 4.78 is 0.886. The first-order valence-electron chi connectivity index (χ1n) is 3.63. The molecule has 0 saturated heterocycles. The van der Waals surface area contributed by atoms with Crippen LogP contribution in [0.4, 0.5) is 0 Å². The van der Waals surface area contributed by atoms with Crippen molar-refractivity contribution >= 4 is 23.6 Å². The summed E-state index contributed by atoms with van der Waals surface area (Å²) in [4.78, 5) is 36.6. The Morgan fingerprint density at radius 1 is 1.57 bits per heavy atom. The molecule has 0 aromatic carbocycles. The van der Waals surface area contributed by atoms with Crippen LogP contribution in [0.1, 0.15) is 15.3 Å².